The van der Waals surface area contributed by atoms with Crippen LogP contribution in [0.3, 0.4) is 0 Å². The van der Waals surface area contributed by atoms with Gasteiger partial charge in [-0.15, -0.1) is 0 Å². The van der Waals surface area contributed by atoms with Crippen LogP contribution in [0.1, 0.15) is 99.8 Å². The van der Waals surface area contributed by atoms with Gasteiger partial charge in [0.1, 0.15) is 13.2 Å². The lowest BCUT2D eigenvalue weighted by atomic mass is 10.1. The van der Waals surface area contributed by atoms with E-state index in [0.29, 0.717) is 36.3 Å². The number of rotatable bonds is 13. The van der Waals surface area contributed by atoms with E-state index in [9.17, 15) is 4.79 Å². The van der Waals surface area contributed by atoms with Crippen molar-refractivity contribution in [2.75, 3.05) is 26.9 Å². The first-order valence-electron chi connectivity index (χ1n) is 14.3. The molecule has 0 fully saturated rings. The summed E-state index contributed by atoms with van der Waals surface area (Å²) in [6.07, 6.45) is 8.14. The summed E-state index contributed by atoms with van der Waals surface area (Å²) in [6.45, 7) is 16.5. The predicted octanol–water partition coefficient (Wildman–Crippen LogP) is 4.57. The summed E-state index contributed by atoms with van der Waals surface area (Å²) in [4.78, 5) is 36.0. The van der Waals surface area contributed by atoms with E-state index < -0.39 is 0 Å². The van der Waals surface area contributed by atoms with Crippen molar-refractivity contribution in [2.24, 2.45) is 33.5 Å². The molecule has 3 N–H and O–H groups in total. The van der Waals surface area contributed by atoms with Crippen LogP contribution in [0.25, 0.3) is 0 Å². The fraction of sp³-hybridized carbons (Fsp3) is 0.862. The highest BCUT2D eigenvalue weighted by atomic mass is 16.5. The number of unbranched alkanes of at least 4 members (excludes halogenated alkanes) is 3. The van der Waals surface area contributed by atoms with Crippen molar-refractivity contribution in [2.45, 2.75) is 118 Å². The number of carbonyl (C=O) groups excluding carboxylic acids is 3. The van der Waals surface area contributed by atoms with E-state index in [4.69, 9.17) is 29.9 Å². The summed E-state index contributed by atoms with van der Waals surface area (Å²) in [6, 6.07) is 0.679. The summed E-state index contributed by atoms with van der Waals surface area (Å²) in [7, 11) is 1.42. The molecular weight excluding hydrogens is 502 g/mol. The van der Waals surface area contributed by atoms with Crippen LogP contribution in [0.2, 0.25) is 0 Å². The number of aliphatic hydroxyl groups excluding tert-OH is 1. The summed E-state index contributed by atoms with van der Waals surface area (Å²) in [5.74, 6) is 3.33. The van der Waals surface area contributed by atoms with E-state index in [-0.39, 0.29) is 24.8 Å². The van der Waals surface area contributed by atoms with E-state index in [1.54, 1.807) is 0 Å². The quantitative estimate of drug-likeness (QED) is 0.247. The Morgan fingerprint density at radius 1 is 0.949 bits per heavy atom. The second-order valence-corrected chi connectivity index (χ2v) is 10.7. The maximum Gasteiger partial charge on any atom is 0.373 e. The summed E-state index contributed by atoms with van der Waals surface area (Å²) >= 11 is 0. The fourth-order valence-corrected chi connectivity index (χ4v) is 3.22. The van der Waals surface area contributed by atoms with Gasteiger partial charge in [-0.05, 0) is 37.0 Å². The summed E-state index contributed by atoms with van der Waals surface area (Å²) < 4.78 is 15.7. The molecule has 0 saturated heterocycles. The van der Waals surface area contributed by atoms with Gasteiger partial charge in [0.05, 0.1) is 25.8 Å². The second kappa shape index (κ2) is 24.7. The smallest absolute Gasteiger partial charge is 0.373 e. The van der Waals surface area contributed by atoms with Crippen LogP contribution in [0.15, 0.2) is 9.98 Å². The third-order valence-electron chi connectivity index (χ3n) is 6.31. The molecule has 10 nitrogen and oxygen atoms in total. The molecule has 0 aliphatic carbocycles. The van der Waals surface area contributed by atoms with Crippen LogP contribution in [0.5, 0.6) is 0 Å². The van der Waals surface area contributed by atoms with E-state index >= 15 is 0 Å². The van der Waals surface area contributed by atoms with Gasteiger partial charge in [-0.1, -0.05) is 61.3 Å². The van der Waals surface area contributed by atoms with Crippen molar-refractivity contribution in [1.29, 1.82) is 0 Å². The number of aliphatic imine (C=N–C) groups is 2. The van der Waals surface area contributed by atoms with Gasteiger partial charge in [-0.25, -0.2) is 9.98 Å². The number of carbonyl (C=O) groups is 1. The van der Waals surface area contributed by atoms with Crippen molar-refractivity contribution in [3.63, 3.8) is 0 Å². The molecule has 228 valence electrons. The monoisotopic (exact) mass is 557 g/mol. The molecule has 0 bridgehead atoms. The Hall–Kier alpha value is -2.29. The molecule has 39 heavy (non-hydrogen) atoms. The number of aliphatic hydroxyl groups is 1. The molecular formula is C29H55N3O7. The number of esters is 1. The highest BCUT2D eigenvalue weighted by molar-refractivity contribution is 5.78. The van der Waals surface area contributed by atoms with Crippen molar-refractivity contribution < 1.29 is 33.7 Å². The Morgan fingerprint density at radius 2 is 1.38 bits per heavy atom. The van der Waals surface area contributed by atoms with Gasteiger partial charge >= 0.3 is 12.1 Å². The first-order valence-corrected chi connectivity index (χ1v) is 14.3. The predicted molar refractivity (Wildman–Crippen MR) is 154 cm³/mol. The molecule has 2 aliphatic rings. The number of nitrogens with two attached hydrogens (primary N) is 1. The van der Waals surface area contributed by atoms with Crippen LogP contribution < -0.4 is 5.73 Å². The Morgan fingerprint density at radius 3 is 1.64 bits per heavy atom. The summed E-state index contributed by atoms with van der Waals surface area (Å²) in [5, 5.41) is 8.38. The number of ether oxygens (including phenoxy) is 3. The Bertz CT molecular complexity index is 682. The molecule has 0 unspecified atom stereocenters. The standard InChI is InChI=1S/C16H28N2O2.C7H14O2.C5H13NO.CO2/c1-11(2)13-9-19-15(17-13)7-5-6-8-16-18-14(10-20-16)12(3)4;1-3-4-5-6-7(8)9-2;1-4(2)5(6)3-7;2-1-3/h11-14H,5-10H2,1-4H3;3-6H2,1-2H3;4-5,7H,3,6H2,1-2H3;/t13-,14-;;5-;/m1.1./s1. The zero-order chi connectivity index (χ0) is 30.2. The van der Waals surface area contributed by atoms with E-state index in [0.717, 1.165) is 70.0 Å². The maximum absolute atomic E-state index is 10.5. The first kappa shape index (κ1) is 38.9. The molecule has 0 aromatic heterocycles. The molecule has 3 atom stereocenters. The normalized spacial score (nSPS) is 18.2. The van der Waals surface area contributed by atoms with Gasteiger partial charge in [0.2, 0.25) is 0 Å². The zero-order valence-electron chi connectivity index (χ0n) is 25.6. The molecule has 0 aromatic rings. The SMILES string of the molecule is CC(C)[C@H](N)CO.CC(C)[C@H]1COC(CCCCC2=N[C@@H](C(C)C)CO2)=N1.CCCCCC(=O)OC.O=C=O. The van der Waals surface area contributed by atoms with E-state index in [1.807, 2.05) is 13.8 Å². The third kappa shape index (κ3) is 21.2. The topological polar surface area (TPSA) is 150 Å². The minimum Gasteiger partial charge on any atom is -0.479 e. The molecule has 2 heterocycles. The average molecular weight is 558 g/mol. The Balaban J connectivity index is 0. The molecule has 0 radical (unpaired) electrons. The van der Waals surface area contributed by atoms with Crippen molar-refractivity contribution in [3.05, 3.63) is 0 Å². The third-order valence-corrected chi connectivity index (χ3v) is 6.31. The lowest BCUT2D eigenvalue weighted by molar-refractivity contribution is -0.191. The number of hydrogen-bond donors (Lipinski definition) is 2. The van der Waals surface area contributed by atoms with Gasteiger partial charge in [0, 0.05) is 25.3 Å². The average Bonchev–Trinajstić information content (AvgIpc) is 3.57. The highest BCUT2D eigenvalue weighted by Gasteiger charge is 2.22. The molecule has 0 aromatic carbocycles. The number of methoxy groups -OCH3 is 1. The van der Waals surface area contributed by atoms with Gasteiger partial charge in [-0.2, -0.15) is 9.59 Å². The first-order chi connectivity index (χ1) is 18.5. The fourth-order valence-electron chi connectivity index (χ4n) is 3.22. The Kier molecular flexibility index (Phi) is 24.6. The van der Waals surface area contributed by atoms with Crippen LogP contribution in [-0.2, 0) is 28.6 Å². The lowest BCUT2D eigenvalue weighted by Gasteiger charge is -2.10. The molecule has 0 spiro atoms. The molecule has 0 amide bonds. The van der Waals surface area contributed by atoms with Crippen LogP contribution >= 0.6 is 0 Å². The minimum atomic E-state index is -0.0940. The molecule has 0 saturated carbocycles. The van der Waals surface area contributed by atoms with Crippen LogP contribution in [0, 0.1) is 17.8 Å². The van der Waals surface area contributed by atoms with Crippen LogP contribution in [0.4, 0.5) is 0 Å². The zero-order valence-corrected chi connectivity index (χ0v) is 25.6. The highest BCUT2D eigenvalue weighted by Crippen LogP contribution is 2.19. The van der Waals surface area contributed by atoms with Gasteiger partial charge in [0.25, 0.3) is 0 Å². The maximum atomic E-state index is 10.5. The van der Waals surface area contributed by atoms with Crippen LogP contribution in [-0.4, -0.2) is 74.1 Å². The van der Waals surface area contributed by atoms with E-state index in [2.05, 4.69) is 49.3 Å². The Labute approximate surface area is 236 Å². The van der Waals surface area contributed by atoms with Crippen molar-refractivity contribution >= 4 is 23.9 Å². The summed E-state index contributed by atoms with van der Waals surface area (Å²) in [5.41, 5.74) is 5.37. The van der Waals surface area contributed by atoms with Crippen molar-refractivity contribution in [1.82, 2.24) is 0 Å². The van der Waals surface area contributed by atoms with E-state index in [1.165, 1.54) is 7.11 Å². The van der Waals surface area contributed by atoms with Gasteiger partial charge in [-0.3, -0.25) is 4.79 Å². The largest absolute Gasteiger partial charge is 0.479 e. The number of nitrogens with zero attached hydrogens (tertiary/aromatic N) is 2. The number of hydrogen-bond acceptors (Lipinski definition) is 10. The molecule has 2 rings (SSSR count). The lowest BCUT2D eigenvalue weighted by Crippen LogP contribution is -2.29. The second-order valence-electron chi connectivity index (χ2n) is 10.7. The molecule has 10 heteroatoms. The van der Waals surface area contributed by atoms with Gasteiger partial charge in [0.15, 0.2) is 11.8 Å². The van der Waals surface area contributed by atoms with Crippen molar-refractivity contribution in [3.8, 4) is 0 Å². The minimum absolute atomic E-state index is 0.0417. The van der Waals surface area contributed by atoms with Gasteiger partial charge < -0.3 is 25.1 Å². The molecule has 2 aliphatic heterocycles.